The van der Waals surface area contributed by atoms with Gasteiger partial charge in [-0.1, -0.05) is 58.5 Å². The molecule has 0 aliphatic carbocycles. The summed E-state index contributed by atoms with van der Waals surface area (Å²) in [5.41, 5.74) is 1.15. The van der Waals surface area contributed by atoms with Gasteiger partial charge in [0, 0.05) is 11.6 Å². The maximum Gasteiger partial charge on any atom is 0.142 e. The largest absolute Gasteiger partial charge is 0.378 e. The fourth-order valence-electron chi connectivity index (χ4n) is 1.58. The van der Waals surface area contributed by atoms with Crippen LogP contribution in [0.4, 0.5) is 10.1 Å². The molecule has 0 aliphatic heterocycles. The van der Waals surface area contributed by atoms with Crippen molar-refractivity contribution in [3.8, 4) is 0 Å². The Hall–Kier alpha value is -0.670. The summed E-state index contributed by atoms with van der Waals surface area (Å²) in [5.74, 6) is -0.464. The minimum Gasteiger partial charge on any atom is -0.378 e. The number of halogens is 5. The van der Waals surface area contributed by atoms with Crippen LogP contribution in [-0.2, 0) is 6.54 Å². The summed E-state index contributed by atoms with van der Waals surface area (Å²) < 4.78 is 13.3. The van der Waals surface area contributed by atoms with Gasteiger partial charge in [-0.05, 0) is 23.8 Å². The van der Waals surface area contributed by atoms with Crippen LogP contribution in [0.15, 0.2) is 30.3 Å². The number of hydrogen-bond acceptors (Lipinski definition) is 1. The van der Waals surface area contributed by atoms with Crippen LogP contribution in [0.2, 0.25) is 20.1 Å². The lowest BCUT2D eigenvalue weighted by atomic mass is 10.2. The second kappa shape index (κ2) is 6.19. The molecule has 2 aromatic rings. The molecule has 0 bridgehead atoms. The van der Waals surface area contributed by atoms with E-state index in [1.165, 1.54) is 6.07 Å². The highest BCUT2D eigenvalue weighted by Gasteiger charge is 2.10. The lowest BCUT2D eigenvalue weighted by Crippen LogP contribution is -2.02. The maximum absolute atomic E-state index is 13.3. The Bertz CT molecular complexity index is 593. The zero-order valence-electron chi connectivity index (χ0n) is 9.48. The molecule has 0 amide bonds. The first-order chi connectivity index (χ1) is 8.99. The number of benzene rings is 2. The summed E-state index contributed by atoms with van der Waals surface area (Å²) in [5, 5.41) is 4.33. The van der Waals surface area contributed by atoms with Gasteiger partial charge in [0.2, 0.25) is 0 Å². The van der Waals surface area contributed by atoms with E-state index in [4.69, 9.17) is 46.4 Å². The van der Waals surface area contributed by atoms with Gasteiger partial charge in [-0.25, -0.2) is 4.39 Å². The van der Waals surface area contributed by atoms with Gasteiger partial charge in [0.25, 0.3) is 0 Å². The molecule has 2 rings (SSSR count). The van der Waals surface area contributed by atoms with E-state index >= 15 is 0 Å². The Balaban J connectivity index is 2.22. The summed E-state index contributed by atoms with van der Waals surface area (Å²) in [6.07, 6.45) is 0. The molecule has 1 nitrogen and oxygen atoms in total. The summed E-state index contributed by atoms with van der Waals surface area (Å²) in [4.78, 5) is 0. The lowest BCUT2D eigenvalue weighted by Gasteiger charge is -2.12. The third kappa shape index (κ3) is 3.46. The van der Waals surface area contributed by atoms with Crippen molar-refractivity contribution in [1.29, 1.82) is 0 Å². The van der Waals surface area contributed by atoms with Gasteiger partial charge in [-0.2, -0.15) is 0 Å². The summed E-state index contributed by atoms with van der Waals surface area (Å²) >= 11 is 23.7. The van der Waals surface area contributed by atoms with Crippen molar-refractivity contribution in [3.63, 3.8) is 0 Å². The molecule has 100 valence electrons. The van der Waals surface area contributed by atoms with Crippen LogP contribution in [0.3, 0.4) is 0 Å². The monoisotopic (exact) mass is 337 g/mol. The molecule has 0 heterocycles. The van der Waals surface area contributed by atoms with E-state index in [0.29, 0.717) is 32.9 Å². The third-order valence-electron chi connectivity index (χ3n) is 2.49. The summed E-state index contributed by atoms with van der Waals surface area (Å²) in [7, 11) is 0. The molecule has 0 unspecified atom stereocenters. The first-order valence-corrected chi connectivity index (χ1v) is 6.81. The van der Waals surface area contributed by atoms with Crippen molar-refractivity contribution >= 4 is 52.1 Å². The minimum atomic E-state index is -0.464. The second-order valence-corrected chi connectivity index (χ2v) is 5.44. The molecular weight excluding hydrogens is 331 g/mol. The Kier molecular flexibility index (Phi) is 4.80. The van der Waals surface area contributed by atoms with Gasteiger partial charge in [0.1, 0.15) is 5.82 Å². The Labute approximate surface area is 130 Å². The number of nitrogens with one attached hydrogen (secondary N) is 1. The van der Waals surface area contributed by atoms with Crippen LogP contribution in [-0.4, -0.2) is 0 Å². The first-order valence-electron chi connectivity index (χ1n) is 5.30. The van der Waals surface area contributed by atoms with E-state index in [2.05, 4.69) is 5.32 Å². The minimum absolute atomic E-state index is 0.0798. The molecule has 19 heavy (non-hydrogen) atoms. The van der Waals surface area contributed by atoms with Crippen LogP contribution < -0.4 is 5.32 Å². The molecule has 0 saturated carbocycles. The zero-order valence-corrected chi connectivity index (χ0v) is 12.5. The number of hydrogen-bond donors (Lipinski definition) is 1. The highest BCUT2D eigenvalue weighted by molar-refractivity contribution is 6.41. The van der Waals surface area contributed by atoms with Gasteiger partial charge in [0.15, 0.2) is 0 Å². The molecule has 0 atom stereocenters. The van der Waals surface area contributed by atoms with E-state index in [9.17, 15) is 4.39 Å². The predicted molar refractivity (Wildman–Crippen MR) is 80.2 cm³/mol. The number of anilines is 1. The average molecular weight is 339 g/mol. The van der Waals surface area contributed by atoms with Crippen molar-refractivity contribution in [1.82, 2.24) is 0 Å². The molecule has 0 saturated heterocycles. The molecule has 0 radical (unpaired) electrons. The summed E-state index contributed by atoms with van der Waals surface area (Å²) in [6.45, 7) is 0.303. The SMILES string of the molecule is Fc1cccc(CNc2c(Cl)cc(Cl)cc2Cl)c1Cl. The topological polar surface area (TPSA) is 12.0 Å². The second-order valence-electron chi connectivity index (χ2n) is 3.81. The van der Waals surface area contributed by atoms with E-state index in [1.54, 1.807) is 24.3 Å². The average Bonchev–Trinajstić information content (AvgIpc) is 2.33. The third-order valence-corrected chi connectivity index (χ3v) is 3.73. The van der Waals surface area contributed by atoms with Gasteiger partial charge in [-0.3, -0.25) is 0 Å². The fraction of sp³-hybridized carbons (Fsp3) is 0.0769. The van der Waals surface area contributed by atoms with Crippen molar-refractivity contribution in [3.05, 3.63) is 61.8 Å². The molecule has 0 spiro atoms. The Morgan fingerprint density at radius 3 is 2.26 bits per heavy atom. The van der Waals surface area contributed by atoms with Crippen LogP contribution in [0.5, 0.6) is 0 Å². The highest BCUT2D eigenvalue weighted by atomic mass is 35.5. The predicted octanol–water partition coefficient (Wildman–Crippen LogP) is 6.05. The van der Waals surface area contributed by atoms with E-state index in [0.717, 1.165) is 0 Å². The summed E-state index contributed by atoms with van der Waals surface area (Å²) in [6, 6.07) is 7.75. The maximum atomic E-state index is 13.3. The van der Waals surface area contributed by atoms with Crippen molar-refractivity contribution in [2.24, 2.45) is 0 Å². The van der Waals surface area contributed by atoms with Crippen LogP contribution in [0.25, 0.3) is 0 Å². The normalized spacial score (nSPS) is 10.6. The molecule has 0 aromatic heterocycles. The van der Waals surface area contributed by atoms with Gasteiger partial charge in [0.05, 0.1) is 20.8 Å². The molecular formula is C13H8Cl4FN. The van der Waals surface area contributed by atoms with Crippen LogP contribution in [0.1, 0.15) is 5.56 Å². The molecule has 0 aliphatic rings. The zero-order chi connectivity index (χ0) is 14.0. The van der Waals surface area contributed by atoms with Crippen molar-refractivity contribution < 1.29 is 4.39 Å². The Morgan fingerprint density at radius 1 is 1.00 bits per heavy atom. The number of rotatable bonds is 3. The molecule has 0 fully saturated rings. The first kappa shape index (κ1) is 14.7. The standard InChI is InChI=1S/C13H8Cl4FN/c14-8-4-9(15)13(10(16)5-8)19-6-7-2-1-3-11(18)12(7)17/h1-5,19H,6H2. The van der Waals surface area contributed by atoms with Crippen molar-refractivity contribution in [2.45, 2.75) is 6.54 Å². The van der Waals surface area contributed by atoms with Crippen molar-refractivity contribution in [2.75, 3.05) is 5.32 Å². The molecule has 1 N–H and O–H groups in total. The molecule has 2 aromatic carbocycles. The van der Waals surface area contributed by atoms with Gasteiger partial charge in [-0.15, -0.1) is 0 Å². The highest BCUT2D eigenvalue weighted by Crippen LogP contribution is 2.34. The Morgan fingerprint density at radius 2 is 1.63 bits per heavy atom. The lowest BCUT2D eigenvalue weighted by molar-refractivity contribution is 0.626. The smallest absolute Gasteiger partial charge is 0.142 e. The van der Waals surface area contributed by atoms with Gasteiger partial charge < -0.3 is 5.32 Å². The van der Waals surface area contributed by atoms with E-state index in [1.807, 2.05) is 0 Å². The van der Waals surface area contributed by atoms with Crippen LogP contribution in [0, 0.1) is 5.82 Å². The van der Waals surface area contributed by atoms with E-state index in [-0.39, 0.29) is 5.02 Å². The fourth-order valence-corrected chi connectivity index (χ4v) is 2.72. The van der Waals surface area contributed by atoms with Crippen LogP contribution >= 0.6 is 46.4 Å². The quantitative estimate of drug-likeness (QED) is 0.718. The van der Waals surface area contributed by atoms with Gasteiger partial charge >= 0.3 is 0 Å². The van der Waals surface area contributed by atoms with E-state index < -0.39 is 5.82 Å². The molecule has 6 heteroatoms.